The van der Waals surface area contributed by atoms with Crippen LogP contribution in [-0.4, -0.2) is 14.2 Å². The fourth-order valence-corrected chi connectivity index (χ4v) is 2.43. The van der Waals surface area contributed by atoms with Gasteiger partial charge >= 0.3 is 0 Å². The lowest BCUT2D eigenvalue weighted by Crippen LogP contribution is -2.19. The second-order valence-electron chi connectivity index (χ2n) is 4.69. The Kier molecular flexibility index (Phi) is 5.31. The highest BCUT2D eigenvalue weighted by atomic mass is 79.9. The van der Waals surface area contributed by atoms with Crippen molar-refractivity contribution in [3.05, 3.63) is 63.6 Å². The number of likely N-dealkylation sites (N-methyl/N-ethyl adjacent to an activating group) is 1. The van der Waals surface area contributed by atoms with Crippen molar-refractivity contribution in [2.24, 2.45) is 0 Å². The van der Waals surface area contributed by atoms with Crippen molar-refractivity contribution >= 4 is 15.9 Å². The molecular formula is C16H16BrF2NO. The first-order valence-corrected chi connectivity index (χ1v) is 7.29. The maximum atomic E-state index is 13.7. The van der Waals surface area contributed by atoms with E-state index in [9.17, 15) is 8.78 Å². The monoisotopic (exact) mass is 355 g/mol. The number of hydrogen-bond acceptors (Lipinski definition) is 2. The Morgan fingerprint density at radius 1 is 1.14 bits per heavy atom. The molecule has 0 saturated heterocycles. The second kappa shape index (κ2) is 7.00. The summed E-state index contributed by atoms with van der Waals surface area (Å²) in [5, 5.41) is 3.13. The lowest BCUT2D eigenvalue weighted by atomic mass is 9.99. The Balaban J connectivity index is 2.22. The first-order valence-electron chi connectivity index (χ1n) is 6.49. The number of nitrogens with one attached hydrogen (secondary N) is 1. The van der Waals surface area contributed by atoms with E-state index in [1.54, 1.807) is 19.2 Å². The topological polar surface area (TPSA) is 21.3 Å². The molecule has 0 fully saturated rings. The number of ether oxygens (including phenoxy) is 1. The molecule has 0 aliphatic rings. The minimum atomic E-state index is -0.396. The average Bonchev–Trinajstić information content (AvgIpc) is 2.48. The Morgan fingerprint density at radius 3 is 2.48 bits per heavy atom. The van der Waals surface area contributed by atoms with Gasteiger partial charge in [-0.05, 0) is 64.8 Å². The van der Waals surface area contributed by atoms with Crippen molar-refractivity contribution < 1.29 is 13.5 Å². The molecule has 0 spiro atoms. The fourth-order valence-electron chi connectivity index (χ4n) is 2.19. The van der Waals surface area contributed by atoms with Gasteiger partial charge in [-0.25, -0.2) is 8.78 Å². The molecule has 2 aromatic carbocycles. The molecule has 0 aliphatic heterocycles. The van der Waals surface area contributed by atoms with Crippen LogP contribution in [0.3, 0.4) is 0 Å². The summed E-state index contributed by atoms with van der Waals surface area (Å²) in [7, 11) is 3.23. The van der Waals surface area contributed by atoms with Crippen molar-refractivity contribution in [1.29, 1.82) is 0 Å². The summed E-state index contributed by atoms with van der Waals surface area (Å²) in [6.45, 7) is 0. The molecule has 0 bridgehead atoms. The van der Waals surface area contributed by atoms with Gasteiger partial charge < -0.3 is 10.1 Å². The summed E-state index contributed by atoms with van der Waals surface area (Å²) in [6.07, 6.45) is 0.554. The minimum Gasteiger partial charge on any atom is -0.494 e. The summed E-state index contributed by atoms with van der Waals surface area (Å²) in [5.74, 6) is -0.491. The zero-order valence-electron chi connectivity index (χ0n) is 11.8. The summed E-state index contributed by atoms with van der Waals surface area (Å²) in [6, 6.07) is 9.74. The third-order valence-corrected chi connectivity index (χ3v) is 3.99. The molecule has 0 saturated carbocycles. The van der Waals surface area contributed by atoms with Gasteiger partial charge in [0.15, 0.2) is 11.6 Å². The number of benzene rings is 2. The first-order chi connectivity index (χ1) is 10.0. The van der Waals surface area contributed by atoms with Crippen molar-refractivity contribution in [2.75, 3.05) is 14.2 Å². The molecule has 5 heteroatoms. The maximum Gasteiger partial charge on any atom is 0.165 e. The Morgan fingerprint density at radius 2 is 1.90 bits per heavy atom. The zero-order valence-corrected chi connectivity index (χ0v) is 13.4. The van der Waals surface area contributed by atoms with Gasteiger partial charge in [0.05, 0.1) is 11.6 Å². The van der Waals surface area contributed by atoms with Crippen LogP contribution in [0.25, 0.3) is 0 Å². The molecule has 0 aliphatic carbocycles. The predicted octanol–water partition coefficient (Wildman–Crippen LogP) is 4.24. The molecule has 0 aromatic heterocycles. The predicted molar refractivity (Wildman–Crippen MR) is 82.6 cm³/mol. The molecule has 21 heavy (non-hydrogen) atoms. The standard InChI is InChI=1S/C16H16BrF2NO/c1-20-15(11-4-5-12(17)13(18)9-11)8-10-3-6-16(21-2)14(19)7-10/h3-7,9,15,20H,8H2,1-2H3. The van der Waals surface area contributed by atoms with Crippen LogP contribution in [0.5, 0.6) is 5.75 Å². The van der Waals surface area contributed by atoms with E-state index in [2.05, 4.69) is 21.2 Å². The smallest absolute Gasteiger partial charge is 0.165 e. The van der Waals surface area contributed by atoms with Crippen molar-refractivity contribution in [3.8, 4) is 5.75 Å². The molecule has 0 heterocycles. The van der Waals surface area contributed by atoms with Crippen LogP contribution in [-0.2, 0) is 6.42 Å². The van der Waals surface area contributed by atoms with Gasteiger partial charge in [0, 0.05) is 6.04 Å². The first kappa shape index (κ1) is 15.9. The third-order valence-electron chi connectivity index (χ3n) is 3.35. The van der Waals surface area contributed by atoms with Gasteiger partial charge in [0.2, 0.25) is 0 Å². The van der Waals surface area contributed by atoms with Crippen molar-refractivity contribution in [3.63, 3.8) is 0 Å². The Bertz CT molecular complexity index is 634. The molecule has 0 radical (unpaired) electrons. The lowest BCUT2D eigenvalue weighted by molar-refractivity contribution is 0.386. The quantitative estimate of drug-likeness (QED) is 0.865. The third kappa shape index (κ3) is 3.80. The lowest BCUT2D eigenvalue weighted by Gasteiger charge is -2.17. The van der Waals surface area contributed by atoms with Gasteiger partial charge in [-0.2, -0.15) is 0 Å². The Labute approximate surface area is 131 Å². The van der Waals surface area contributed by atoms with Crippen LogP contribution in [0.4, 0.5) is 8.78 Å². The van der Waals surface area contributed by atoms with Gasteiger partial charge in [-0.3, -0.25) is 0 Å². The summed E-state index contributed by atoms with van der Waals surface area (Å²) in [4.78, 5) is 0. The summed E-state index contributed by atoms with van der Waals surface area (Å²) in [5.41, 5.74) is 1.63. The van der Waals surface area contributed by atoms with Crippen LogP contribution < -0.4 is 10.1 Å². The number of rotatable bonds is 5. The highest BCUT2D eigenvalue weighted by Gasteiger charge is 2.13. The number of methoxy groups -OCH3 is 1. The minimum absolute atomic E-state index is 0.0969. The second-order valence-corrected chi connectivity index (χ2v) is 5.54. The molecule has 2 nitrogen and oxygen atoms in total. The van der Waals surface area contributed by atoms with Crippen LogP contribution in [0.15, 0.2) is 40.9 Å². The van der Waals surface area contributed by atoms with E-state index < -0.39 is 5.82 Å². The van der Waals surface area contributed by atoms with Crippen LogP contribution in [0.2, 0.25) is 0 Å². The highest BCUT2D eigenvalue weighted by molar-refractivity contribution is 9.10. The maximum absolute atomic E-state index is 13.7. The molecule has 2 aromatic rings. The number of halogens is 3. The van der Waals surface area contributed by atoms with Gasteiger partial charge in [0.1, 0.15) is 5.82 Å². The van der Waals surface area contributed by atoms with Crippen LogP contribution in [0, 0.1) is 11.6 Å². The van der Waals surface area contributed by atoms with E-state index in [0.29, 0.717) is 10.9 Å². The zero-order chi connectivity index (χ0) is 15.4. The van der Waals surface area contributed by atoms with Gasteiger partial charge in [-0.1, -0.05) is 12.1 Å². The molecule has 1 unspecified atom stereocenters. The van der Waals surface area contributed by atoms with E-state index in [-0.39, 0.29) is 17.6 Å². The van der Waals surface area contributed by atoms with Crippen LogP contribution >= 0.6 is 15.9 Å². The highest BCUT2D eigenvalue weighted by Crippen LogP contribution is 2.25. The molecule has 2 rings (SSSR count). The molecule has 112 valence electrons. The largest absolute Gasteiger partial charge is 0.494 e. The van der Waals surface area contributed by atoms with E-state index in [1.807, 2.05) is 12.1 Å². The van der Waals surface area contributed by atoms with Gasteiger partial charge in [0.25, 0.3) is 0 Å². The average molecular weight is 356 g/mol. The summed E-state index contributed by atoms with van der Waals surface area (Å²) >= 11 is 3.13. The van der Waals surface area contributed by atoms with E-state index >= 15 is 0 Å². The molecular weight excluding hydrogens is 340 g/mol. The SMILES string of the molecule is CNC(Cc1ccc(OC)c(F)c1)c1ccc(Br)c(F)c1. The number of hydrogen-bond donors (Lipinski definition) is 1. The van der Waals surface area contributed by atoms with E-state index in [4.69, 9.17) is 4.74 Å². The molecule has 1 atom stereocenters. The molecule has 1 N–H and O–H groups in total. The van der Waals surface area contributed by atoms with Gasteiger partial charge in [-0.15, -0.1) is 0 Å². The van der Waals surface area contributed by atoms with Crippen LogP contribution in [0.1, 0.15) is 17.2 Å². The molecule has 0 amide bonds. The normalized spacial score (nSPS) is 12.2. The van der Waals surface area contributed by atoms with E-state index in [1.165, 1.54) is 19.2 Å². The van der Waals surface area contributed by atoms with E-state index in [0.717, 1.165) is 11.1 Å². The summed E-state index contributed by atoms with van der Waals surface area (Å²) < 4.78 is 32.7. The fraction of sp³-hybridized carbons (Fsp3) is 0.250. The Hall–Kier alpha value is -1.46. The van der Waals surface area contributed by atoms with Crippen molar-refractivity contribution in [1.82, 2.24) is 5.32 Å². The van der Waals surface area contributed by atoms with Crippen molar-refractivity contribution in [2.45, 2.75) is 12.5 Å².